The summed E-state index contributed by atoms with van der Waals surface area (Å²) in [5, 5.41) is 6.41. The van der Waals surface area contributed by atoms with Crippen LogP contribution in [-0.2, 0) is 6.54 Å². The quantitative estimate of drug-likeness (QED) is 0.862. The number of carbonyl (C=O) groups is 1. The van der Waals surface area contributed by atoms with Gasteiger partial charge in [-0.3, -0.25) is 0 Å². The molecule has 2 heterocycles. The van der Waals surface area contributed by atoms with Gasteiger partial charge in [0.1, 0.15) is 17.9 Å². The van der Waals surface area contributed by atoms with Crippen molar-refractivity contribution in [3.8, 4) is 5.75 Å². The van der Waals surface area contributed by atoms with E-state index in [1.165, 1.54) is 0 Å². The molecule has 138 valence electrons. The Bertz CT molecular complexity index is 727. The SMILES string of the molecule is COc1ccc(CNC(=O)N2CCC(Nc3cc(C)ncn3)CC2)cc1. The highest BCUT2D eigenvalue weighted by Gasteiger charge is 2.22. The molecule has 0 spiro atoms. The van der Waals surface area contributed by atoms with E-state index in [2.05, 4.69) is 20.6 Å². The number of likely N-dealkylation sites (tertiary alicyclic amines) is 1. The standard InChI is InChI=1S/C19H25N5O2/c1-14-11-18(22-13-21-14)23-16-7-9-24(10-8-16)19(25)20-12-15-3-5-17(26-2)6-4-15/h3-6,11,13,16H,7-10,12H2,1-2H3,(H,20,25)(H,21,22,23). The van der Waals surface area contributed by atoms with Crippen LogP contribution in [0, 0.1) is 6.92 Å². The number of hydrogen-bond acceptors (Lipinski definition) is 5. The lowest BCUT2D eigenvalue weighted by Gasteiger charge is -2.32. The summed E-state index contributed by atoms with van der Waals surface area (Å²) in [6.45, 7) is 3.93. The monoisotopic (exact) mass is 355 g/mol. The van der Waals surface area contributed by atoms with E-state index in [1.807, 2.05) is 42.2 Å². The fourth-order valence-electron chi connectivity index (χ4n) is 3.00. The number of aryl methyl sites for hydroxylation is 1. The van der Waals surface area contributed by atoms with Crippen LogP contribution in [0.5, 0.6) is 5.75 Å². The highest BCUT2D eigenvalue weighted by molar-refractivity contribution is 5.74. The van der Waals surface area contributed by atoms with Gasteiger partial charge in [0.15, 0.2) is 0 Å². The van der Waals surface area contributed by atoms with Crippen molar-refractivity contribution in [2.24, 2.45) is 0 Å². The number of piperidine rings is 1. The molecule has 26 heavy (non-hydrogen) atoms. The Balaban J connectivity index is 1.42. The Morgan fingerprint density at radius 2 is 1.96 bits per heavy atom. The van der Waals surface area contributed by atoms with E-state index in [9.17, 15) is 4.79 Å². The van der Waals surface area contributed by atoms with E-state index in [1.54, 1.807) is 13.4 Å². The first-order valence-electron chi connectivity index (χ1n) is 8.85. The second-order valence-corrected chi connectivity index (χ2v) is 6.46. The Labute approximate surface area is 153 Å². The van der Waals surface area contributed by atoms with Gasteiger partial charge in [0.05, 0.1) is 7.11 Å². The molecule has 0 unspecified atom stereocenters. The van der Waals surface area contributed by atoms with Gasteiger partial charge in [-0.1, -0.05) is 12.1 Å². The number of nitrogens with zero attached hydrogens (tertiary/aromatic N) is 3. The van der Waals surface area contributed by atoms with Gasteiger partial charge in [0, 0.05) is 37.4 Å². The zero-order chi connectivity index (χ0) is 18.4. The van der Waals surface area contributed by atoms with Crippen LogP contribution in [0.15, 0.2) is 36.7 Å². The molecule has 1 saturated heterocycles. The summed E-state index contributed by atoms with van der Waals surface area (Å²) in [4.78, 5) is 22.6. The van der Waals surface area contributed by atoms with E-state index in [0.717, 1.165) is 48.8 Å². The Morgan fingerprint density at radius 3 is 2.62 bits per heavy atom. The van der Waals surface area contributed by atoms with Crippen LogP contribution in [0.3, 0.4) is 0 Å². The first-order chi connectivity index (χ1) is 12.6. The number of ether oxygens (including phenoxy) is 1. The summed E-state index contributed by atoms with van der Waals surface area (Å²) in [5.41, 5.74) is 1.99. The zero-order valence-electron chi connectivity index (χ0n) is 15.2. The first-order valence-corrected chi connectivity index (χ1v) is 8.85. The number of hydrogen-bond donors (Lipinski definition) is 2. The third-order valence-corrected chi connectivity index (χ3v) is 4.54. The fourth-order valence-corrected chi connectivity index (χ4v) is 3.00. The molecule has 0 radical (unpaired) electrons. The number of methoxy groups -OCH3 is 1. The third kappa shape index (κ3) is 4.84. The molecule has 7 heteroatoms. The van der Waals surface area contributed by atoms with Gasteiger partial charge in [0.2, 0.25) is 0 Å². The summed E-state index contributed by atoms with van der Waals surface area (Å²) >= 11 is 0. The number of anilines is 1. The predicted molar refractivity (Wildman–Crippen MR) is 100 cm³/mol. The molecular formula is C19H25N5O2. The Hall–Kier alpha value is -2.83. The molecule has 1 aromatic heterocycles. The van der Waals surface area contributed by atoms with Crippen molar-refractivity contribution >= 4 is 11.8 Å². The van der Waals surface area contributed by atoms with Crippen molar-refractivity contribution in [3.63, 3.8) is 0 Å². The van der Waals surface area contributed by atoms with E-state index in [4.69, 9.17) is 4.74 Å². The molecule has 7 nitrogen and oxygen atoms in total. The molecule has 0 bridgehead atoms. The highest BCUT2D eigenvalue weighted by atomic mass is 16.5. The lowest BCUT2D eigenvalue weighted by atomic mass is 10.1. The van der Waals surface area contributed by atoms with Crippen LogP contribution in [0.1, 0.15) is 24.1 Å². The molecule has 2 N–H and O–H groups in total. The van der Waals surface area contributed by atoms with Crippen LogP contribution in [0.25, 0.3) is 0 Å². The minimum Gasteiger partial charge on any atom is -0.497 e. The van der Waals surface area contributed by atoms with E-state index in [-0.39, 0.29) is 6.03 Å². The molecule has 1 aliphatic heterocycles. The summed E-state index contributed by atoms with van der Waals surface area (Å²) in [5.74, 6) is 1.66. The van der Waals surface area contributed by atoms with E-state index >= 15 is 0 Å². The maximum atomic E-state index is 12.4. The van der Waals surface area contributed by atoms with Crippen molar-refractivity contribution in [3.05, 3.63) is 47.9 Å². The molecule has 2 aromatic rings. The smallest absolute Gasteiger partial charge is 0.317 e. The minimum atomic E-state index is -0.0165. The van der Waals surface area contributed by atoms with Crippen molar-refractivity contribution in [2.75, 3.05) is 25.5 Å². The predicted octanol–water partition coefficient (Wildman–Crippen LogP) is 2.58. The van der Waals surface area contributed by atoms with Crippen LogP contribution in [0.4, 0.5) is 10.6 Å². The fraction of sp³-hybridized carbons (Fsp3) is 0.421. The minimum absolute atomic E-state index is 0.0165. The van der Waals surface area contributed by atoms with Crippen LogP contribution < -0.4 is 15.4 Å². The molecule has 3 rings (SSSR count). The summed E-state index contributed by atoms with van der Waals surface area (Å²) < 4.78 is 5.14. The summed E-state index contributed by atoms with van der Waals surface area (Å²) in [6.07, 6.45) is 3.37. The van der Waals surface area contributed by atoms with Crippen LogP contribution in [0.2, 0.25) is 0 Å². The third-order valence-electron chi connectivity index (χ3n) is 4.54. The molecule has 1 fully saturated rings. The summed E-state index contributed by atoms with van der Waals surface area (Å²) in [6, 6.07) is 9.96. The second kappa shape index (κ2) is 8.51. The van der Waals surface area contributed by atoms with Gasteiger partial charge < -0.3 is 20.3 Å². The molecule has 1 aliphatic rings. The van der Waals surface area contributed by atoms with Crippen molar-refractivity contribution in [1.82, 2.24) is 20.2 Å². The van der Waals surface area contributed by atoms with Gasteiger partial charge in [-0.15, -0.1) is 0 Å². The molecule has 1 aromatic carbocycles. The zero-order valence-corrected chi connectivity index (χ0v) is 15.2. The van der Waals surface area contributed by atoms with Gasteiger partial charge in [-0.2, -0.15) is 0 Å². The lowest BCUT2D eigenvalue weighted by molar-refractivity contribution is 0.183. The maximum absolute atomic E-state index is 12.4. The molecule has 2 amide bonds. The largest absolute Gasteiger partial charge is 0.497 e. The van der Waals surface area contributed by atoms with Crippen molar-refractivity contribution < 1.29 is 9.53 Å². The second-order valence-electron chi connectivity index (χ2n) is 6.46. The number of urea groups is 1. The molecule has 0 aliphatic carbocycles. The van der Waals surface area contributed by atoms with Crippen molar-refractivity contribution in [2.45, 2.75) is 32.4 Å². The van der Waals surface area contributed by atoms with E-state index < -0.39 is 0 Å². The number of amides is 2. The topological polar surface area (TPSA) is 79.4 Å². The number of benzene rings is 1. The number of nitrogens with one attached hydrogen (secondary N) is 2. The van der Waals surface area contributed by atoms with Crippen LogP contribution in [-0.4, -0.2) is 47.1 Å². The average Bonchev–Trinajstić information content (AvgIpc) is 2.67. The lowest BCUT2D eigenvalue weighted by Crippen LogP contribution is -2.46. The molecule has 0 saturated carbocycles. The Morgan fingerprint density at radius 1 is 1.23 bits per heavy atom. The molecular weight excluding hydrogens is 330 g/mol. The number of rotatable bonds is 5. The molecule has 0 atom stereocenters. The Kier molecular flexibility index (Phi) is 5.88. The van der Waals surface area contributed by atoms with Gasteiger partial charge in [-0.05, 0) is 37.5 Å². The first kappa shape index (κ1) is 18.0. The van der Waals surface area contributed by atoms with Crippen molar-refractivity contribution in [1.29, 1.82) is 0 Å². The van der Waals surface area contributed by atoms with Crippen LogP contribution >= 0.6 is 0 Å². The van der Waals surface area contributed by atoms with Gasteiger partial charge >= 0.3 is 6.03 Å². The average molecular weight is 355 g/mol. The number of aromatic nitrogens is 2. The highest BCUT2D eigenvalue weighted by Crippen LogP contribution is 2.16. The summed E-state index contributed by atoms with van der Waals surface area (Å²) in [7, 11) is 1.64. The maximum Gasteiger partial charge on any atom is 0.317 e. The number of carbonyl (C=O) groups excluding carboxylic acids is 1. The van der Waals surface area contributed by atoms with Gasteiger partial charge in [-0.25, -0.2) is 14.8 Å². The van der Waals surface area contributed by atoms with E-state index in [0.29, 0.717) is 12.6 Å². The normalized spacial score (nSPS) is 14.8. The van der Waals surface area contributed by atoms with Gasteiger partial charge in [0.25, 0.3) is 0 Å².